The normalized spacial score (nSPS) is 12.6. The second-order valence-corrected chi connectivity index (χ2v) is 4.07. The van der Waals surface area contributed by atoms with Crippen molar-refractivity contribution in [1.29, 1.82) is 0 Å². The molecule has 0 fully saturated rings. The third-order valence-electron chi connectivity index (χ3n) is 2.45. The summed E-state index contributed by atoms with van der Waals surface area (Å²) in [4.78, 5) is 15.1. The van der Waals surface area contributed by atoms with Gasteiger partial charge in [0, 0.05) is 35.8 Å². The Labute approximate surface area is 101 Å². The number of aldehydes is 1. The Balaban J connectivity index is 3.19. The number of carbonyl (C=O) groups excluding carboxylic acids is 1. The lowest BCUT2D eigenvalue weighted by Crippen LogP contribution is -2.10. The van der Waals surface area contributed by atoms with Gasteiger partial charge in [-0.2, -0.15) is 0 Å². The maximum atomic E-state index is 10.9. The molecule has 0 aliphatic rings. The Bertz CT molecular complexity index is 469. The number of nitrogens with zero attached hydrogens (tertiary/aromatic N) is 2. The fourth-order valence-electron chi connectivity index (χ4n) is 1.51. The number of nitrogen functional groups attached to an aromatic ring is 1. The molecular formula is C12H18N4O. The highest BCUT2D eigenvalue weighted by Gasteiger charge is 2.12. The van der Waals surface area contributed by atoms with E-state index in [1.165, 1.54) is 10.9 Å². The average molecular weight is 234 g/mol. The van der Waals surface area contributed by atoms with E-state index in [1.54, 1.807) is 12.4 Å². The fourth-order valence-corrected chi connectivity index (χ4v) is 1.51. The Morgan fingerprint density at radius 3 is 2.59 bits per heavy atom. The van der Waals surface area contributed by atoms with Crippen LogP contribution in [0.3, 0.4) is 0 Å². The van der Waals surface area contributed by atoms with E-state index in [0.29, 0.717) is 5.69 Å². The van der Waals surface area contributed by atoms with Crippen LogP contribution in [0.5, 0.6) is 0 Å². The largest absolute Gasteiger partial charge is 0.404 e. The highest BCUT2D eigenvalue weighted by Crippen LogP contribution is 2.20. The number of hydrogen-bond donors (Lipinski definition) is 2. The zero-order valence-electron chi connectivity index (χ0n) is 10.3. The van der Waals surface area contributed by atoms with Gasteiger partial charge in [-0.25, -0.2) is 0 Å². The molecule has 0 aromatic carbocycles. The second-order valence-electron chi connectivity index (χ2n) is 4.07. The lowest BCUT2D eigenvalue weighted by molar-refractivity contribution is 0.111. The number of carbonyl (C=O) groups is 1. The van der Waals surface area contributed by atoms with Crippen molar-refractivity contribution >= 4 is 18.1 Å². The fraction of sp³-hybridized carbons (Fsp3) is 0.333. The SMILES string of the molecule is Cc1c(/C(C=NC(C)C)=C/N)cn(N)c1C=O. The molecule has 0 radical (unpaired) electrons. The van der Waals surface area contributed by atoms with E-state index in [9.17, 15) is 4.79 Å². The van der Waals surface area contributed by atoms with E-state index >= 15 is 0 Å². The van der Waals surface area contributed by atoms with Gasteiger partial charge in [-0.05, 0) is 26.3 Å². The summed E-state index contributed by atoms with van der Waals surface area (Å²) in [6, 6.07) is 0.191. The summed E-state index contributed by atoms with van der Waals surface area (Å²) in [5.41, 5.74) is 8.39. The summed E-state index contributed by atoms with van der Waals surface area (Å²) in [5, 5.41) is 0. The van der Waals surface area contributed by atoms with E-state index in [0.717, 1.165) is 23.0 Å². The van der Waals surface area contributed by atoms with Crippen molar-refractivity contribution in [3.8, 4) is 0 Å². The zero-order valence-corrected chi connectivity index (χ0v) is 10.3. The first-order valence-electron chi connectivity index (χ1n) is 5.38. The van der Waals surface area contributed by atoms with E-state index in [2.05, 4.69) is 4.99 Å². The topological polar surface area (TPSA) is 86.4 Å². The highest BCUT2D eigenvalue weighted by molar-refractivity contribution is 6.10. The standard InChI is InChI=1S/C12H18N4O/c1-8(2)15-5-10(4-13)11-6-16(14)12(7-17)9(11)3/h4-8H,13-14H2,1-3H3/b10-4+,15-5?. The second kappa shape index (κ2) is 5.34. The molecule has 1 aromatic heterocycles. The third-order valence-corrected chi connectivity index (χ3v) is 2.45. The molecule has 1 rings (SSSR count). The van der Waals surface area contributed by atoms with Gasteiger partial charge < -0.3 is 11.6 Å². The predicted octanol–water partition coefficient (Wildman–Crippen LogP) is 1.10. The van der Waals surface area contributed by atoms with Crippen molar-refractivity contribution in [1.82, 2.24) is 4.68 Å². The number of nitrogens with two attached hydrogens (primary N) is 2. The maximum absolute atomic E-state index is 10.9. The first-order chi connectivity index (χ1) is 8.01. The molecule has 0 aliphatic carbocycles. The lowest BCUT2D eigenvalue weighted by Gasteiger charge is -2.01. The lowest BCUT2D eigenvalue weighted by atomic mass is 10.1. The minimum Gasteiger partial charge on any atom is -0.404 e. The van der Waals surface area contributed by atoms with Crippen LogP contribution in [0.15, 0.2) is 17.4 Å². The van der Waals surface area contributed by atoms with Crippen molar-refractivity contribution in [2.75, 3.05) is 5.84 Å². The van der Waals surface area contributed by atoms with Gasteiger partial charge in [0.15, 0.2) is 6.29 Å². The maximum Gasteiger partial charge on any atom is 0.168 e. The van der Waals surface area contributed by atoms with Crippen molar-refractivity contribution in [2.45, 2.75) is 26.8 Å². The van der Waals surface area contributed by atoms with Gasteiger partial charge in [0.05, 0.1) is 0 Å². The minimum atomic E-state index is 0.191. The Morgan fingerprint density at radius 1 is 1.53 bits per heavy atom. The molecule has 0 amide bonds. The minimum absolute atomic E-state index is 0.191. The summed E-state index contributed by atoms with van der Waals surface area (Å²) in [7, 11) is 0. The summed E-state index contributed by atoms with van der Waals surface area (Å²) in [5.74, 6) is 5.67. The van der Waals surface area contributed by atoms with Crippen LogP contribution in [-0.2, 0) is 0 Å². The Morgan fingerprint density at radius 2 is 2.18 bits per heavy atom. The molecule has 5 heteroatoms. The van der Waals surface area contributed by atoms with Gasteiger partial charge in [-0.15, -0.1) is 0 Å². The first kappa shape index (κ1) is 13.0. The van der Waals surface area contributed by atoms with Crippen molar-refractivity contribution < 1.29 is 4.79 Å². The zero-order chi connectivity index (χ0) is 13.0. The molecule has 92 valence electrons. The quantitative estimate of drug-likeness (QED) is 0.464. The number of rotatable bonds is 4. The smallest absolute Gasteiger partial charge is 0.168 e. The van der Waals surface area contributed by atoms with Crippen molar-refractivity contribution in [3.63, 3.8) is 0 Å². The molecule has 0 unspecified atom stereocenters. The Hall–Kier alpha value is -2.04. The molecule has 0 bridgehead atoms. The highest BCUT2D eigenvalue weighted by atomic mass is 16.1. The number of aromatic nitrogens is 1. The van der Waals surface area contributed by atoms with Crippen LogP contribution in [0.2, 0.25) is 0 Å². The summed E-state index contributed by atoms with van der Waals surface area (Å²) in [6.07, 6.45) is 5.56. The van der Waals surface area contributed by atoms with Crippen LogP contribution in [0.4, 0.5) is 0 Å². The number of allylic oxidation sites excluding steroid dienone is 1. The van der Waals surface area contributed by atoms with Crippen molar-refractivity contribution in [2.24, 2.45) is 10.7 Å². The van der Waals surface area contributed by atoms with E-state index < -0.39 is 0 Å². The first-order valence-corrected chi connectivity index (χ1v) is 5.38. The predicted molar refractivity (Wildman–Crippen MR) is 70.5 cm³/mol. The summed E-state index contributed by atoms with van der Waals surface area (Å²) >= 11 is 0. The average Bonchev–Trinajstić information content (AvgIpc) is 2.55. The summed E-state index contributed by atoms with van der Waals surface area (Å²) in [6.45, 7) is 5.78. The van der Waals surface area contributed by atoms with Gasteiger partial charge >= 0.3 is 0 Å². The molecule has 5 nitrogen and oxygen atoms in total. The van der Waals surface area contributed by atoms with Gasteiger partial charge in [-0.1, -0.05) is 0 Å². The monoisotopic (exact) mass is 234 g/mol. The van der Waals surface area contributed by atoms with Crippen LogP contribution >= 0.6 is 0 Å². The van der Waals surface area contributed by atoms with Crippen molar-refractivity contribution in [3.05, 3.63) is 29.2 Å². The Kier molecular flexibility index (Phi) is 4.09. The molecule has 0 spiro atoms. The van der Waals surface area contributed by atoms with E-state index in [1.807, 2.05) is 20.8 Å². The number of aliphatic imine (C=N–C) groups is 1. The van der Waals surface area contributed by atoms with Gasteiger partial charge in [0.2, 0.25) is 0 Å². The van der Waals surface area contributed by atoms with E-state index in [4.69, 9.17) is 11.6 Å². The van der Waals surface area contributed by atoms with Crippen LogP contribution in [0, 0.1) is 6.92 Å². The third kappa shape index (κ3) is 2.75. The van der Waals surface area contributed by atoms with Crippen LogP contribution in [0.1, 0.15) is 35.5 Å². The molecule has 17 heavy (non-hydrogen) atoms. The van der Waals surface area contributed by atoms with Crippen LogP contribution in [-0.4, -0.2) is 23.2 Å². The van der Waals surface area contributed by atoms with E-state index in [-0.39, 0.29) is 6.04 Å². The van der Waals surface area contributed by atoms with Gasteiger partial charge in [0.1, 0.15) is 5.69 Å². The number of hydrogen-bond acceptors (Lipinski definition) is 4. The molecular weight excluding hydrogens is 216 g/mol. The summed E-state index contributed by atoms with van der Waals surface area (Å²) < 4.78 is 1.30. The molecule has 4 N–H and O–H groups in total. The molecule has 1 aromatic rings. The molecule has 0 aliphatic heterocycles. The molecule has 0 saturated heterocycles. The molecule has 0 atom stereocenters. The van der Waals surface area contributed by atoms with Crippen LogP contribution < -0.4 is 11.6 Å². The molecule has 0 saturated carbocycles. The van der Waals surface area contributed by atoms with Gasteiger partial charge in [-0.3, -0.25) is 14.5 Å². The van der Waals surface area contributed by atoms with Gasteiger partial charge in [0.25, 0.3) is 0 Å². The van der Waals surface area contributed by atoms with Crippen LogP contribution in [0.25, 0.3) is 5.57 Å². The molecule has 1 heterocycles.